The standard InChI is InChI=1S/C24H24ClF5N4O/c1-13-17(7-8-34(13)12-22(26)27)23(35)32-16-4-2-3-15(10-16)31-20-11-21(24(28,29)30)33-19-6-5-14(25)9-18(19)20/h5-9,11,15-16,22H,2-4,10,12H2,1H3,(H,31,33)(H,32,35)/t15-,16+/m0/s1. The molecule has 11 heteroatoms. The molecule has 0 radical (unpaired) electrons. The van der Waals surface area contributed by atoms with Gasteiger partial charge in [-0.3, -0.25) is 4.79 Å². The summed E-state index contributed by atoms with van der Waals surface area (Å²) in [5.74, 6) is -0.360. The molecule has 0 unspecified atom stereocenters. The molecule has 2 atom stereocenters. The first-order valence-corrected chi connectivity index (χ1v) is 11.6. The monoisotopic (exact) mass is 514 g/mol. The Balaban J connectivity index is 1.50. The van der Waals surface area contributed by atoms with Crippen LogP contribution in [0.5, 0.6) is 0 Å². The predicted molar refractivity (Wildman–Crippen MR) is 124 cm³/mol. The molecule has 0 aliphatic heterocycles. The minimum atomic E-state index is -4.61. The van der Waals surface area contributed by atoms with E-state index in [0.29, 0.717) is 40.9 Å². The Labute approximate surface area is 203 Å². The minimum Gasteiger partial charge on any atom is -0.382 e. The SMILES string of the molecule is Cc1c(C(=O)N[C@@H]2CCC[C@H](Nc3cc(C(F)(F)F)nc4ccc(Cl)cc34)C2)ccn1CC(F)F. The maximum absolute atomic E-state index is 13.4. The number of aromatic nitrogens is 2. The number of rotatable bonds is 6. The molecule has 1 aliphatic rings. The lowest BCUT2D eigenvalue weighted by Gasteiger charge is -2.31. The van der Waals surface area contributed by atoms with Crippen LogP contribution in [0.4, 0.5) is 27.6 Å². The maximum Gasteiger partial charge on any atom is 0.433 e. The zero-order valence-electron chi connectivity index (χ0n) is 18.8. The summed E-state index contributed by atoms with van der Waals surface area (Å²) in [5, 5.41) is 7.01. The van der Waals surface area contributed by atoms with Gasteiger partial charge in [0.25, 0.3) is 12.3 Å². The van der Waals surface area contributed by atoms with Crippen LogP contribution in [-0.2, 0) is 12.7 Å². The van der Waals surface area contributed by atoms with E-state index in [4.69, 9.17) is 11.6 Å². The first-order chi connectivity index (χ1) is 16.5. The quantitative estimate of drug-likeness (QED) is 0.372. The molecule has 1 amide bonds. The van der Waals surface area contributed by atoms with Crippen molar-refractivity contribution in [2.24, 2.45) is 0 Å². The lowest BCUT2D eigenvalue weighted by Crippen LogP contribution is -2.42. The molecule has 5 nitrogen and oxygen atoms in total. The van der Waals surface area contributed by atoms with Crippen LogP contribution in [0.2, 0.25) is 5.02 Å². The molecule has 1 aromatic carbocycles. The largest absolute Gasteiger partial charge is 0.433 e. The number of halogens is 6. The van der Waals surface area contributed by atoms with Crippen LogP contribution in [-0.4, -0.2) is 34.0 Å². The molecule has 0 spiro atoms. The van der Waals surface area contributed by atoms with Crippen LogP contribution in [0.1, 0.15) is 47.4 Å². The van der Waals surface area contributed by atoms with E-state index in [0.717, 1.165) is 12.5 Å². The third-order valence-corrected chi connectivity index (χ3v) is 6.49. The molecular weight excluding hydrogens is 491 g/mol. The van der Waals surface area contributed by atoms with Crippen molar-refractivity contribution in [1.82, 2.24) is 14.9 Å². The molecule has 1 aliphatic carbocycles. The van der Waals surface area contributed by atoms with Crippen molar-refractivity contribution in [3.05, 3.63) is 58.5 Å². The number of amides is 1. The Kier molecular flexibility index (Phi) is 7.21. The van der Waals surface area contributed by atoms with Crippen LogP contribution >= 0.6 is 11.6 Å². The predicted octanol–water partition coefficient (Wildman–Crippen LogP) is 6.44. The highest BCUT2D eigenvalue weighted by Gasteiger charge is 2.34. The molecule has 35 heavy (non-hydrogen) atoms. The summed E-state index contributed by atoms with van der Waals surface area (Å²) in [6, 6.07) is 6.59. The van der Waals surface area contributed by atoms with Gasteiger partial charge in [-0.25, -0.2) is 13.8 Å². The van der Waals surface area contributed by atoms with Gasteiger partial charge in [0.05, 0.1) is 17.6 Å². The van der Waals surface area contributed by atoms with Gasteiger partial charge in [-0.1, -0.05) is 11.6 Å². The van der Waals surface area contributed by atoms with E-state index < -0.39 is 24.8 Å². The molecule has 0 bridgehead atoms. The van der Waals surface area contributed by atoms with E-state index in [9.17, 15) is 26.7 Å². The third-order valence-electron chi connectivity index (χ3n) is 6.25. The summed E-state index contributed by atoms with van der Waals surface area (Å²) in [5.41, 5.74) is 0.232. The number of pyridine rings is 1. The number of hydrogen-bond donors (Lipinski definition) is 2. The average molecular weight is 515 g/mol. The zero-order chi connectivity index (χ0) is 25.3. The number of benzene rings is 1. The number of anilines is 1. The topological polar surface area (TPSA) is 59.0 Å². The van der Waals surface area contributed by atoms with Crippen molar-refractivity contribution in [2.75, 3.05) is 5.32 Å². The van der Waals surface area contributed by atoms with Crippen LogP contribution in [0.15, 0.2) is 36.5 Å². The van der Waals surface area contributed by atoms with Crippen molar-refractivity contribution in [3.63, 3.8) is 0 Å². The van der Waals surface area contributed by atoms with Crippen molar-refractivity contribution in [2.45, 2.75) is 63.8 Å². The van der Waals surface area contributed by atoms with Crippen LogP contribution in [0.25, 0.3) is 10.9 Å². The fourth-order valence-corrected chi connectivity index (χ4v) is 4.71. The van der Waals surface area contributed by atoms with E-state index in [1.54, 1.807) is 13.0 Å². The molecule has 4 rings (SSSR count). The average Bonchev–Trinajstić information content (AvgIpc) is 3.13. The Morgan fingerprint density at radius 3 is 2.66 bits per heavy atom. The van der Waals surface area contributed by atoms with Gasteiger partial charge in [0.2, 0.25) is 0 Å². The summed E-state index contributed by atoms with van der Waals surface area (Å²) < 4.78 is 67.0. The lowest BCUT2D eigenvalue weighted by atomic mass is 9.90. The smallest absolute Gasteiger partial charge is 0.382 e. The first-order valence-electron chi connectivity index (χ1n) is 11.2. The summed E-state index contributed by atoms with van der Waals surface area (Å²) in [6.07, 6.45) is -3.01. The van der Waals surface area contributed by atoms with Crippen molar-refractivity contribution in [3.8, 4) is 0 Å². The number of nitrogens with one attached hydrogen (secondary N) is 2. The zero-order valence-corrected chi connectivity index (χ0v) is 19.6. The van der Waals surface area contributed by atoms with Gasteiger partial charge < -0.3 is 15.2 Å². The van der Waals surface area contributed by atoms with Crippen molar-refractivity contribution in [1.29, 1.82) is 0 Å². The molecule has 2 aromatic heterocycles. The Bertz CT molecular complexity index is 1230. The summed E-state index contributed by atoms with van der Waals surface area (Å²) in [7, 11) is 0. The third kappa shape index (κ3) is 5.86. The number of carbonyl (C=O) groups is 1. The van der Waals surface area contributed by atoms with Gasteiger partial charge in [-0.2, -0.15) is 13.2 Å². The van der Waals surface area contributed by atoms with E-state index in [2.05, 4.69) is 15.6 Å². The van der Waals surface area contributed by atoms with Gasteiger partial charge >= 0.3 is 6.18 Å². The van der Waals surface area contributed by atoms with Crippen molar-refractivity contribution < 1.29 is 26.7 Å². The highest BCUT2D eigenvalue weighted by molar-refractivity contribution is 6.31. The first kappa shape index (κ1) is 25.2. The fourth-order valence-electron chi connectivity index (χ4n) is 4.54. The van der Waals surface area contributed by atoms with Crippen LogP contribution in [0.3, 0.4) is 0 Å². The van der Waals surface area contributed by atoms with E-state index in [-0.39, 0.29) is 29.2 Å². The fraction of sp³-hybridized carbons (Fsp3) is 0.417. The van der Waals surface area contributed by atoms with Gasteiger partial charge in [0.15, 0.2) is 0 Å². The molecule has 2 heterocycles. The Hall–Kier alpha value is -2.88. The molecular formula is C24H24ClF5N4O. The Morgan fingerprint density at radius 1 is 1.20 bits per heavy atom. The normalized spacial score (nSPS) is 18.7. The molecule has 1 saturated carbocycles. The Morgan fingerprint density at radius 2 is 1.94 bits per heavy atom. The molecule has 1 fully saturated rings. The maximum atomic E-state index is 13.4. The lowest BCUT2D eigenvalue weighted by molar-refractivity contribution is -0.140. The van der Waals surface area contributed by atoms with Crippen LogP contribution in [0, 0.1) is 6.92 Å². The summed E-state index contributed by atoms with van der Waals surface area (Å²) >= 11 is 6.08. The minimum absolute atomic E-state index is 0.177. The number of alkyl halides is 5. The second-order valence-electron chi connectivity index (χ2n) is 8.75. The summed E-state index contributed by atoms with van der Waals surface area (Å²) in [6.45, 7) is 1.12. The van der Waals surface area contributed by atoms with E-state index >= 15 is 0 Å². The second-order valence-corrected chi connectivity index (χ2v) is 9.19. The second kappa shape index (κ2) is 10.0. The number of carbonyl (C=O) groups excluding carboxylic acids is 1. The van der Waals surface area contributed by atoms with Crippen molar-refractivity contribution >= 4 is 34.1 Å². The molecule has 188 valence electrons. The number of hydrogen-bond acceptors (Lipinski definition) is 3. The van der Waals surface area contributed by atoms with Crippen LogP contribution < -0.4 is 10.6 Å². The van der Waals surface area contributed by atoms with E-state index in [1.807, 2.05) is 0 Å². The van der Waals surface area contributed by atoms with Gasteiger partial charge in [0.1, 0.15) is 5.69 Å². The summed E-state index contributed by atoms with van der Waals surface area (Å²) in [4.78, 5) is 16.5. The molecule has 2 N–H and O–H groups in total. The highest BCUT2D eigenvalue weighted by atomic mass is 35.5. The van der Waals surface area contributed by atoms with Gasteiger partial charge in [-0.15, -0.1) is 0 Å². The van der Waals surface area contributed by atoms with Gasteiger partial charge in [0, 0.05) is 40.1 Å². The van der Waals surface area contributed by atoms with Gasteiger partial charge in [-0.05, 0) is 62.9 Å². The van der Waals surface area contributed by atoms with E-state index in [1.165, 1.54) is 29.0 Å². The molecule has 3 aromatic rings. The molecule has 0 saturated heterocycles. The number of fused-ring (bicyclic) bond motifs is 1. The number of nitrogens with zero attached hydrogens (tertiary/aromatic N) is 2. The highest BCUT2D eigenvalue weighted by Crippen LogP contribution is 2.35.